The molecular weight excluding hydrogens is 142 g/mol. The van der Waals surface area contributed by atoms with Crippen LogP contribution in [0.15, 0.2) is 0 Å². The van der Waals surface area contributed by atoms with Crippen molar-refractivity contribution < 1.29 is 18.8 Å². The highest BCUT2D eigenvalue weighted by Crippen LogP contribution is 0.861. The van der Waals surface area contributed by atoms with Crippen LogP contribution in [0.1, 0.15) is 0 Å². The zero-order chi connectivity index (χ0) is 0. The third-order valence-electron chi connectivity index (χ3n) is 0. The molecule has 0 aliphatic rings. The standard InChI is InChI=1S/ClH.4FH.H3P/h5*1H;1H3. The highest BCUT2D eigenvalue weighted by molar-refractivity contribution is 6.92. The molecule has 0 saturated carbocycles. The monoisotopic (exact) mass is 150 g/mol. The summed E-state index contributed by atoms with van der Waals surface area (Å²) in [5.41, 5.74) is 0. The zero-order valence-electron chi connectivity index (χ0n) is 2.75. The fourth-order valence-corrected chi connectivity index (χ4v) is 0. The first-order chi connectivity index (χ1) is 0. The van der Waals surface area contributed by atoms with E-state index < -0.39 is 0 Å². The van der Waals surface area contributed by atoms with Crippen LogP contribution in [0, 0.1) is 0 Å². The third kappa shape index (κ3) is 271. The number of rotatable bonds is 0. The number of halogens is 5. The topological polar surface area (TPSA) is 0 Å². The zero-order valence-corrected chi connectivity index (χ0v) is 4.98. The highest BCUT2D eigenvalue weighted by atomic mass is 35.5. The Morgan fingerprint density at radius 3 is 0.500 bits per heavy atom. The van der Waals surface area contributed by atoms with Gasteiger partial charge in [0.05, 0.1) is 0 Å². The second kappa shape index (κ2) is 554. The largest absolute Gasteiger partial charge is 0.269 e. The SMILES string of the molecule is Cl.F.F.F.F.P. The van der Waals surface area contributed by atoms with Gasteiger partial charge in [-0.05, 0) is 0 Å². The Bertz CT molecular complexity index is 7.51. The van der Waals surface area contributed by atoms with E-state index in [2.05, 4.69) is 0 Å². The summed E-state index contributed by atoms with van der Waals surface area (Å²) in [7, 11) is 0. The van der Waals surface area contributed by atoms with E-state index >= 15 is 0 Å². The molecule has 0 bridgehead atoms. The molecule has 0 heterocycles. The van der Waals surface area contributed by atoms with Gasteiger partial charge in [0.2, 0.25) is 0 Å². The van der Waals surface area contributed by atoms with Crippen LogP contribution in [-0.2, 0) is 0 Å². The van der Waals surface area contributed by atoms with E-state index in [1.54, 1.807) is 0 Å². The fourth-order valence-electron chi connectivity index (χ4n) is 0. The van der Waals surface area contributed by atoms with Crippen molar-refractivity contribution in [3.63, 3.8) is 0 Å². The van der Waals surface area contributed by atoms with E-state index in [-0.39, 0.29) is 41.1 Å². The van der Waals surface area contributed by atoms with Gasteiger partial charge < -0.3 is 0 Å². The van der Waals surface area contributed by atoms with Crippen LogP contribution in [0.2, 0.25) is 0 Å². The van der Waals surface area contributed by atoms with Crippen molar-refractivity contribution in [1.29, 1.82) is 0 Å². The summed E-state index contributed by atoms with van der Waals surface area (Å²) in [5.74, 6) is 0. The van der Waals surface area contributed by atoms with E-state index in [4.69, 9.17) is 0 Å². The van der Waals surface area contributed by atoms with Crippen LogP contribution in [0.25, 0.3) is 0 Å². The van der Waals surface area contributed by atoms with Crippen molar-refractivity contribution in [3.8, 4) is 0 Å². The molecule has 6 heavy (non-hydrogen) atoms. The van der Waals surface area contributed by atoms with Gasteiger partial charge in [-0.1, -0.05) is 0 Å². The summed E-state index contributed by atoms with van der Waals surface area (Å²) in [5, 5.41) is 0. The molecule has 0 aromatic carbocycles. The van der Waals surface area contributed by atoms with Gasteiger partial charge in [-0.2, -0.15) is 9.90 Å². The maximum atomic E-state index is 0. The molecule has 0 aliphatic heterocycles. The van der Waals surface area contributed by atoms with Crippen molar-refractivity contribution in [2.75, 3.05) is 0 Å². The molecule has 0 N–H and O–H groups in total. The lowest BCUT2D eigenvalue weighted by atomic mass is 19.0. The normalized spacial score (nSPS) is 0. The van der Waals surface area contributed by atoms with Crippen LogP contribution < -0.4 is 0 Å². The van der Waals surface area contributed by atoms with Crippen molar-refractivity contribution in [1.82, 2.24) is 0 Å². The van der Waals surface area contributed by atoms with Gasteiger partial charge in [0, 0.05) is 0 Å². The minimum absolute atomic E-state index is 0. The Morgan fingerprint density at radius 1 is 0.500 bits per heavy atom. The van der Waals surface area contributed by atoms with E-state index in [0.717, 1.165) is 0 Å². The second-order valence-electron chi connectivity index (χ2n) is 0. The van der Waals surface area contributed by atoms with Crippen LogP contribution in [-0.4, -0.2) is 0 Å². The number of hydrogen-bond donors (Lipinski definition) is 0. The third-order valence-corrected chi connectivity index (χ3v) is 0. The molecule has 0 aliphatic carbocycles. The summed E-state index contributed by atoms with van der Waals surface area (Å²) in [6.07, 6.45) is 0. The Labute approximate surface area is 42.2 Å². The molecular formula is H8ClF4P. The van der Waals surface area contributed by atoms with E-state index in [1.165, 1.54) is 0 Å². The molecule has 1 unspecified atom stereocenters. The van der Waals surface area contributed by atoms with Crippen LogP contribution >= 0.6 is 22.3 Å². The van der Waals surface area contributed by atoms with Gasteiger partial charge in [0.15, 0.2) is 0 Å². The van der Waals surface area contributed by atoms with Gasteiger partial charge >= 0.3 is 0 Å². The van der Waals surface area contributed by atoms with Crippen LogP contribution in [0.4, 0.5) is 18.8 Å². The van der Waals surface area contributed by atoms with E-state index in [9.17, 15) is 0 Å². The van der Waals surface area contributed by atoms with Crippen molar-refractivity contribution in [2.45, 2.75) is 0 Å². The van der Waals surface area contributed by atoms with E-state index in [0.29, 0.717) is 0 Å². The lowest BCUT2D eigenvalue weighted by molar-refractivity contribution is 1.11. The molecule has 0 spiro atoms. The lowest BCUT2D eigenvalue weighted by Crippen LogP contribution is 0.419. The first-order valence-electron chi connectivity index (χ1n) is 0. The lowest BCUT2D eigenvalue weighted by Gasteiger charge is -0.270. The molecule has 0 amide bonds. The van der Waals surface area contributed by atoms with Gasteiger partial charge in [-0.25, -0.2) is 0 Å². The molecule has 0 saturated heterocycles. The van der Waals surface area contributed by atoms with Gasteiger partial charge in [-0.3, -0.25) is 18.8 Å². The number of hydrogen-bond acceptors (Lipinski definition) is 0. The molecule has 48 valence electrons. The van der Waals surface area contributed by atoms with Crippen LogP contribution in [0.5, 0.6) is 0 Å². The summed E-state index contributed by atoms with van der Waals surface area (Å²) in [4.78, 5) is 0. The average molecular weight is 150 g/mol. The van der Waals surface area contributed by atoms with Gasteiger partial charge in [0.25, 0.3) is 0 Å². The first kappa shape index (κ1) is 984. The first-order valence-corrected chi connectivity index (χ1v) is 0. The summed E-state index contributed by atoms with van der Waals surface area (Å²) in [6.45, 7) is 0. The Balaban J connectivity index is 0. The quantitative estimate of drug-likeness (QED) is 0.358. The predicted octanol–water partition coefficient (Wildman–Crippen LogP) is 1.09. The average Bonchev–Trinajstić information content (AvgIpc) is 0. The Morgan fingerprint density at radius 2 is 0.500 bits per heavy atom. The maximum Gasteiger partial charge on any atom is -0.147 e. The van der Waals surface area contributed by atoms with Crippen LogP contribution in [0.3, 0.4) is 0 Å². The highest BCUT2D eigenvalue weighted by Gasteiger charge is -0.146. The molecule has 0 rings (SSSR count). The Kier molecular flexibility index (Phi) is 90900. The molecule has 0 aromatic heterocycles. The minimum Gasteiger partial charge on any atom is -0.269 e. The predicted molar refractivity (Wildman–Crippen MR) is 28.4 cm³/mol. The fraction of sp³-hybridized carbons (Fsp3) is 0. The molecule has 6 heteroatoms. The molecule has 0 fully saturated rings. The van der Waals surface area contributed by atoms with Crippen molar-refractivity contribution in [2.24, 2.45) is 0 Å². The Hall–Kier alpha value is 0.440. The smallest absolute Gasteiger partial charge is 0.147 e. The van der Waals surface area contributed by atoms with E-state index in [1.807, 2.05) is 0 Å². The second-order valence-corrected chi connectivity index (χ2v) is 0. The summed E-state index contributed by atoms with van der Waals surface area (Å²) in [6, 6.07) is 0. The summed E-state index contributed by atoms with van der Waals surface area (Å²) < 4.78 is 0. The maximum absolute atomic E-state index is 0. The van der Waals surface area contributed by atoms with Crippen molar-refractivity contribution >= 4 is 22.3 Å². The molecule has 0 radical (unpaired) electrons. The van der Waals surface area contributed by atoms with Gasteiger partial charge in [0.1, 0.15) is 0 Å². The summed E-state index contributed by atoms with van der Waals surface area (Å²) >= 11 is 0. The van der Waals surface area contributed by atoms with Gasteiger partial charge in [-0.15, -0.1) is 12.4 Å². The minimum atomic E-state index is 0. The molecule has 0 nitrogen and oxygen atoms in total. The molecule has 0 aromatic rings. The van der Waals surface area contributed by atoms with Crippen molar-refractivity contribution in [3.05, 3.63) is 0 Å². The molecule has 1 atom stereocenters.